The van der Waals surface area contributed by atoms with Gasteiger partial charge in [-0.05, 0) is 0 Å². The summed E-state index contributed by atoms with van der Waals surface area (Å²) >= 11 is 2.96. The van der Waals surface area contributed by atoms with E-state index in [-0.39, 0.29) is 0 Å². The van der Waals surface area contributed by atoms with Crippen molar-refractivity contribution in [1.29, 1.82) is 0 Å². The van der Waals surface area contributed by atoms with E-state index in [0.717, 1.165) is 4.78 Å². The fraction of sp³-hybridized carbons (Fsp3) is 1.00. The Labute approximate surface area is 66.4 Å². The minimum atomic E-state index is 0.935. The summed E-state index contributed by atoms with van der Waals surface area (Å²) < 4.78 is 0.935. The summed E-state index contributed by atoms with van der Waals surface area (Å²) in [5.41, 5.74) is 0. The van der Waals surface area contributed by atoms with E-state index in [1.54, 1.807) is 0 Å². The topological polar surface area (TPSA) is 0 Å². The molecule has 0 aromatic heterocycles. The Kier molecular flexibility index (Phi) is 3.70. The maximum absolute atomic E-state index is 2.96. The number of rotatable bonds is 0. The van der Waals surface area contributed by atoms with Crippen molar-refractivity contribution in [3.63, 3.8) is 0 Å². The molecule has 0 heterocycles. The van der Waals surface area contributed by atoms with Crippen molar-refractivity contribution in [2.75, 3.05) is 0 Å². The zero-order valence-electron chi connectivity index (χ0n) is 6.10. The normalized spacial score (nSPS) is 25.1. The second kappa shape index (κ2) is 4.36. The van der Waals surface area contributed by atoms with E-state index in [0.29, 0.717) is 0 Å². The van der Waals surface area contributed by atoms with Gasteiger partial charge in [0.05, 0.1) is 0 Å². The third-order valence-corrected chi connectivity index (χ3v) is 2.82. The fourth-order valence-electron chi connectivity index (χ4n) is 1.49. The van der Waals surface area contributed by atoms with Crippen LogP contribution in [0.1, 0.15) is 44.9 Å². The van der Waals surface area contributed by atoms with Gasteiger partial charge in [0, 0.05) is 0 Å². The number of hydrogen-bond donors (Lipinski definition) is 0. The van der Waals surface area contributed by atoms with Crippen molar-refractivity contribution in [2.45, 2.75) is 49.7 Å². The van der Waals surface area contributed by atoms with Gasteiger partial charge in [0.2, 0.25) is 0 Å². The van der Waals surface area contributed by atoms with Crippen LogP contribution in [0.25, 0.3) is 0 Å². The molecule has 0 saturated heterocycles. The molecule has 0 aromatic carbocycles. The van der Waals surface area contributed by atoms with Gasteiger partial charge in [-0.25, -0.2) is 0 Å². The van der Waals surface area contributed by atoms with E-state index in [2.05, 4.69) is 16.3 Å². The molecule has 1 saturated carbocycles. The van der Waals surface area contributed by atoms with E-state index in [1.807, 2.05) is 0 Å². The quantitative estimate of drug-likeness (QED) is 0.451. The molecule has 1 rings (SSSR count). The van der Waals surface area contributed by atoms with Gasteiger partial charge in [-0.1, -0.05) is 0 Å². The molecule has 0 bridgehead atoms. The molecule has 1 heteroatoms. The van der Waals surface area contributed by atoms with Crippen LogP contribution in [0.2, 0.25) is 4.78 Å². The third kappa shape index (κ3) is 3.28. The Bertz CT molecular complexity index is 63.0. The molecule has 1 aliphatic carbocycles. The average Bonchev–Trinajstić information content (AvgIpc) is 1.79. The van der Waals surface area contributed by atoms with Crippen molar-refractivity contribution in [1.82, 2.24) is 0 Å². The monoisotopic (exact) mass is 138 g/mol. The predicted octanol–water partition coefficient (Wildman–Crippen LogP) is 2.69. The van der Waals surface area contributed by atoms with Gasteiger partial charge in [-0.15, -0.1) is 0 Å². The molecule has 0 nitrogen and oxygen atoms in total. The Morgan fingerprint density at radius 3 is 1.78 bits per heavy atom. The molecular weight excluding hydrogens is 123 g/mol. The summed E-state index contributed by atoms with van der Waals surface area (Å²) in [5.74, 6) is 0. The molecule has 0 unspecified atom stereocenters. The molecule has 0 amide bonds. The van der Waals surface area contributed by atoms with Crippen LogP contribution in [0.3, 0.4) is 0 Å². The fourth-order valence-corrected chi connectivity index (χ4v) is 1.96. The van der Waals surface area contributed by atoms with Crippen molar-refractivity contribution >= 4 is 16.3 Å². The zero-order chi connectivity index (χ0) is 6.53. The maximum atomic E-state index is 2.96. The molecule has 1 fully saturated rings. The average molecular weight is 138 g/mol. The Morgan fingerprint density at radius 1 is 0.778 bits per heavy atom. The van der Waals surface area contributed by atoms with Crippen LogP contribution < -0.4 is 0 Å². The number of hydrogen-bond acceptors (Lipinski definition) is 0. The second-order valence-electron chi connectivity index (χ2n) is 3.11. The van der Waals surface area contributed by atoms with Crippen LogP contribution in [0.5, 0.6) is 0 Å². The van der Waals surface area contributed by atoms with Crippen LogP contribution >= 0.6 is 0 Å². The molecule has 0 radical (unpaired) electrons. The van der Waals surface area contributed by atoms with Crippen molar-refractivity contribution < 1.29 is 0 Å². The summed E-state index contributed by atoms with van der Waals surface area (Å²) in [6.45, 7) is 0. The SMILES string of the molecule is [Al+2][CH]1CCCCCCC1. The molecular formula is C8H15Al+2. The first kappa shape index (κ1) is 7.64. The zero-order valence-corrected chi connectivity index (χ0v) is 7.26. The summed E-state index contributed by atoms with van der Waals surface area (Å²) in [4.78, 5) is 0. The Hall–Kier alpha value is 0.532. The Balaban J connectivity index is 2.12. The van der Waals surface area contributed by atoms with Gasteiger partial charge in [-0.2, -0.15) is 0 Å². The van der Waals surface area contributed by atoms with Gasteiger partial charge >= 0.3 is 66.0 Å². The first-order valence-electron chi connectivity index (χ1n) is 4.15. The summed E-state index contributed by atoms with van der Waals surface area (Å²) in [6, 6.07) is 0. The molecule has 0 N–H and O–H groups in total. The predicted molar refractivity (Wildman–Crippen MR) is 41.8 cm³/mol. The van der Waals surface area contributed by atoms with Gasteiger partial charge in [0.25, 0.3) is 0 Å². The minimum absolute atomic E-state index is 0.935. The molecule has 48 valence electrons. The van der Waals surface area contributed by atoms with Gasteiger partial charge in [-0.3, -0.25) is 0 Å². The van der Waals surface area contributed by atoms with Crippen LogP contribution in [0.4, 0.5) is 0 Å². The van der Waals surface area contributed by atoms with Crippen LogP contribution in [0, 0.1) is 0 Å². The standard InChI is InChI=1S/C8H15.Al/c1-2-4-6-8-7-5-3-1;/h1H,2-8H2;/q;+2. The van der Waals surface area contributed by atoms with E-state index < -0.39 is 0 Å². The van der Waals surface area contributed by atoms with Crippen LogP contribution in [-0.4, -0.2) is 16.3 Å². The molecule has 0 atom stereocenters. The summed E-state index contributed by atoms with van der Waals surface area (Å²) in [6.07, 6.45) is 10.3. The van der Waals surface area contributed by atoms with Crippen molar-refractivity contribution in [3.05, 3.63) is 0 Å². The molecule has 0 aliphatic heterocycles. The third-order valence-electron chi connectivity index (χ3n) is 2.15. The molecule has 9 heavy (non-hydrogen) atoms. The van der Waals surface area contributed by atoms with Crippen LogP contribution in [-0.2, 0) is 0 Å². The van der Waals surface area contributed by atoms with Gasteiger partial charge in [0.1, 0.15) is 0 Å². The summed E-state index contributed by atoms with van der Waals surface area (Å²) in [5, 5.41) is 0. The second-order valence-corrected chi connectivity index (χ2v) is 4.05. The van der Waals surface area contributed by atoms with Gasteiger partial charge in [0.15, 0.2) is 0 Å². The van der Waals surface area contributed by atoms with Gasteiger partial charge < -0.3 is 0 Å². The first-order chi connectivity index (χ1) is 4.39. The van der Waals surface area contributed by atoms with E-state index in [1.165, 1.54) is 44.9 Å². The first-order valence-corrected chi connectivity index (χ1v) is 4.82. The van der Waals surface area contributed by atoms with E-state index in [4.69, 9.17) is 0 Å². The molecule has 1 aliphatic rings. The summed E-state index contributed by atoms with van der Waals surface area (Å²) in [7, 11) is 0. The van der Waals surface area contributed by atoms with E-state index in [9.17, 15) is 0 Å². The van der Waals surface area contributed by atoms with E-state index >= 15 is 0 Å². The molecule has 0 spiro atoms. The van der Waals surface area contributed by atoms with Crippen LogP contribution in [0.15, 0.2) is 0 Å². The van der Waals surface area contributed by atoms with Crippen molar-refractivity contribution in [2.24, 2.45) is 0 Å². The molecule has 0 aromatic rings. The Morgan fingerprint density at radius 2 is 1.22 bits per heavy atom. The van der Waals surface area contributed by atoms with Crippen molar-refractivity contribution in [3.8, 4) is 0 Å².